The number of carbonyl (C=O) groups excluding carboxylic acids is 1. The lowest BCUT2D eigenvalue weighted by Crippen LogP contribution is -2.36. The average molecular weight is 215 g/mol. The van der Waals surface area contributed by atoms with Crippen molar-refractivity contribution >= 4 is 5.91 Å². The van der Waals surface area contributed by atoms with Gasteiger partial charge >= 0.3 is 0 Å². The highest BCUT2D eigenvalue weighted by Crippen LogP contribution is 2.30. The van der Waals surface area contributed by atoms with Crippen LogP contribution in [0.1, 0.15) is 19.3 Å². The van der Waals surface area contributed by atoms with Crippen LogP contribution in [0.25, 0.3) is 0 Å². The quantitative estimate of drug-likeness (QED) is 0.565. The molecule has 1 saturated carbocycles. The van der Waals surface area contributed by atoms with Crippen molar-refractivity contribution in [3.63, 3.8) is 0 Å². The summed E-state index contributed by atoms with van der Waals surface area (Å²) in [6.07, 6.45) is 3.03. The summed E-state index contributed by atoms with van der Waals surface area (Å²) in [4.78, 5) is 13.7. The molecule has 0 bridgehead atoms. The molecule has 1 aliphatic rings. The summed E-state index contributed by atoms with van der Waals surface area (Å²) in [5.41, 5.74) is 0. The molecule has 0 spiro atoms. The van der Waals surface area contributed by atoms with Crippen LogP contribution in [0.15, 0.2) is 0 Å². The summed E-state index contributed by atoms with van der Waals surface area (Å²) < 4.78 is 9.99. The normalized spacial score (nSPS) is 15.3. The van der Waals surface area contributed by atoms with Crippen molar-refractivity contribution in [1.29, 1.82) is 0 Å². The van der Waals surface area contributed by atoms with Crippen LogP contribution in [-0.4, -0.2) is 51.3 Å². The van der Waals surface area contributed by atoms with Gasteiger partial charge in [0, 0.05) is 39.8 Å². The number of methoxy groups -OCH3 is 2. The molecule has 0 radical (unpaired) electrons. The van der Waals surface area contributed by atoms with E-state index in [1.807, 2.05) is 4.90 Å². The lowest BCUT2D eigenvalue weighted by molar-refractivity contribution is -0.133. The minimum atomic E-state index is 0.295. The first kappa shape index (κ1) is 12.5. The molecule has 0 unspecified atom stereocenters. The maximum atomic E-state index is 11.8. The van der Waals surface area contributed by atoms with Gasteiger partial charge in [0.25, 0.3) is 0 Å². The molecule has 4 heteroatoms. The number of hydrogen-bond donors (Lipinski definition) is 0. The Morgan fingerprint density at radius 1 is 1.20 bits per heavy atom. The number of ether oxygens (including phenoxy) is 2. The molecule has 4 nitrogen and oxygen atoms in total. The standard InChI is InChI=1S/C11H21NO3/c1-14-8-3-6-12(7-9-15-2)11(13)10-4-5-10/h10H,3-9H2,1-2H3. The fraction of sp³-hybridized carbons (Fsp3) is 0.909. The summed E-state index contributed by atoms with van der Waals surface area (Å²) in [6.45, 7) is 2.81. The van der Waals surface area contributed by atoms with E-state index in [-0.39, 0.29) is 0 Å². The fourth-order valence-electron chi connectivity index (χ4n) is 1.52. The maximum absolute atomic E-state index is 11.8. The van der Waals surface area contributed by atoms with Crippen LogP contribution in [0.5, 0.6) is 0 Å². The molecule has 15 heavy (non-hydrogen) atoms. The zero-order valence-electron chi connectivity index (χ0n) is 9.70. The summed E-state index contributed by atoms with van der Waals surface area (Å²) >= 11 is 0. The zero-order valence-corrected chi connectivity index (χ0v) is 9.70. The second-order valence-corrected chi connectivity index (χ2v) is 3.94. The molecular weight excluding hydrogens is 194 g/mol. The van der Waals surface area contributed by atoms with E-state index in [9.17, 15) is 4.79 Å². The molecule has 1 rings (SSSR count). The van der Waals surface area contributed by atoms with Crippen molar-refractivity contribution in [2.24, 2.45) is 5.92 Å². The largest absolute Gasteiger partial charge is 0.385 e. The fourth-order valence-corrected chi connectivity index (χ4v) is 1.52. The van der Waals surface area contributed by atoms with Crippen LogP contribution in [0, 0.1) is 5.92 Å². The molecule has 88 valence electrons. The molecule has 0 atom stereocenters. The minimum absolute atomic E-state index is 0.295. The third-order valence-electron chi connectivity index (χ3n) is 2.58. The monoisotopic (exact) mass is 215 g/mol. The van der Waals surface area contributed by atoms with E-state index >= 15 is 0 Å². The smallest absolute Gasteiger partial charge is 0.225 e. The van der Waals surface area contributed by atoms with E-state index in [2.05, 4.69) is 0 Å². The highest BCUT2D eigenvalue weighted by molar-refractivity contribution is 5.81. The van der Waals surface area contributed by atoms with E-state index in [1.54, 1.807) is 14.2 Å². The first-order chi connectivity index (χ1) is 7.29. The van der Waals surface area contributed by atoms with Crippen LogP contribution >= 0.6 is 0 Å². The van der Waals surface area contributed by atoms with Gasteiger partial charge in [-0.25, -0.2) is 0 Å². The van der Waals surface area contributed by atoms with E-state index < -0.39 is 0 Å². The first-order valence-corrected chi connectivity index (χ1v) is 5.56. The van der Waals surface area contributed by atoms with Gasteiger partial charge in [-0.05, 0) is 19.3 Å². The Morgan fingerprint density at radius 2 is 1.87 bits per heavy atom. The van der Waals surface area contributed by atoms with Gasteiger partial charge in [-0.2, -0.15) is 0 Å². The Balaban J connectivity index is 2.26. The predicted molar refractivity (Wildman–Crippen MR) is 57.7 cm³/mol. The average Bonchev–Trinajstić information content (AvgIpc) is 3.06. The molecule has 1 aliphatic carbocycles. The Morgan fingerprint density at radius 3 is 2.40 bits per heavy atom. The van der Waals surface area contributed by atoms with E-state index in [4.69, 9.17) is 9.47 Å². The van der Waals surface area contributed by atoms with Gasteiger partial charge in [0.2, 0.25) is 5.91 Å². The van der Waals surface area contributed by atoms with Crippen LogP contribution in [0.2, 0.25) is 0 Å². The van der Waals surface area contributed by atoms with E-state index in [0.717, 1.165) is 25.8 Å². The molecule has 0 aromatic rings. The van der Waals surface area contributed by atoms with Gasteiger partial charge in [0.15, 0.2) is 0 Å². The Labute approximate surface area is 91.5 Å². The van der Waals surface area contributed by atoms with E-state index in [1.165, 1.54) is 0 Å². The number of carbonyl (C=O) groups is 1. The van der Waals surface area contributed by atoms with Gasteiger partial charge in [0.05, 0.1) is 6.61 Å². The molecule has 0 heterocycles. The van der Waals surface area contributed by atoms with Gasteiger partial charge in [-0.15, -0.1) is 0 Å². The van der Waals surface area contributed by atoms with Crippen LogP contribution in [0.4, 0.5) is 0 Å². The van der Waals surface area contributed by atoms with Crippen LogP contribution < -0.4 is 0 Å². The molecule has 1 amide bonds. The molecule has 1 fully saturated rings. The summed E-state index contributed by atoms with van der Waals surface area (Å²) in [5.74, 6) is 0.590. The second kappa shape index (κ2) is 6.80. The Bertz CT molecular complexity index is 192. The number of rotatable bonds is 8. The maximum Gasteiger partial charge on any atom is 0.225 e. The molecular formula is C11H21NO3. The molecule has 0 aromatic carbocycles. The van der Waals surface area contributed by atoms with Crippen molar-refractivity contribution in [3.8, 4) is 0 Å². The third-order valence-corrected chi connectivity index (χ3v) is 2.58. The topological polar surface area (TPSA) is 38.8 Å². The second-order valence-electron chi connectivity index (χ2n) is 3.94. The van der Waals surface area contributed by atoms with Crippen molar-refractivity contribution in [1.82, 2.24) is 4.90 Å². The highest BCUT2D eigenvalue weighted by atomic mass is 16.5. The summed E-state index contributed by atoms with van der Waals surface area (Å²) in [7, 11) is 3.34. The lowest BCUT2D eigenvalue weighted by atomic mass is 10.3. The van der Waals surface area contributed by atoms with Crippen molar-refractivity contribution in [2.45, 2.75) is 19.3 Å². The van der Waals surface area contributed by atoms with Gasteiger partial charge < -0.3 is 14.4 Å². The number of amides is 1. The van der Waals surface area contributed by atoms with Crippen LogP contribution in [-0.2, 0) is 14.3 Å². The SMILES string of the molecule is COCCCN(CCOC)C(=O)C1CC1. The zero-order chi connectivity index (χ0) is 11.1. The lowest BCUT2D eigenvalue weighted by Gasteiger charge is -2.22. The Hall–Kier alpha value is -0.610. The van der Waals surface area contributed by atoms with Crippen molar-refractivity contribution < 1.29 is 14.3 Å². The predicted octanol–water partition coefficient (Wildman–Crippen LogP) is 0.908. The minimum Gasteiger partial charge on any atom is -0.385 e. The summed E-state index contributed by atoms with van der Waals surface area (Å²) in [6, 6.07) is 0. The molecule has 0 aromatic heterocycles. The van der Waals surface area contributed by atoms with Crippen molar-refractivity contribution in [3.05, 3.63) is 0 Å². The first-order valence-electron chi connectivity index (χ1n) is 5.56. The molecule has 0 N–H and O–H groups in total. The van der Waals surface area contributed by atoms with Crippen LogP contribution in [0.3, 0.4) is 0 Å². The third kappa shape index (κ3) is 4.62. The number of nitrogens with zero attached hydrogens (tertiary/aromatic N) is 1. The molecule has 0 saturated heterocycles. The summed E-state index contributed by atoms with van der Waals surface area (Å²) in [5, 5.41) is 0. The van der Waals surface area contributed by atoms with Gasteiger partial charge in [0.1, 0.15) is 0 Å². The number of hydrogen-bond acceptors (Lipinski definition) is 3. The van der Waals surface area contributed by atoms with Crippen molar-refractivity contribution in [2.75, 3.05) is 40.5 Å². The van der Waals surface area contributed by atoms with Gasteiger partial charge in [-0.1, -0.05) is 0 Å². The van der Waals surface area contributed by atoms with E-state index in [0.29, 0.717) is 31.6 Å². The Kier molecular flexibility index (Phi) is 5.65. The highest BCUT2D eigenvalue weighted by Gasteiger charge is 2.32. The molecule has 0 aliphatic heterocycles. The van der Waals surface area contributed by atoms with Gasteiger partial charge in [-0.3, -0.25) is 4.79 Å².